The van der Waals surface area contributed by atoms with Crippen LogP contribution in [0.3, 0.4) is 0 Å². The van der Waals surface area contributed by atoms with E-state index in [1.165, 1.54) is 0 Å². The Morgan fingerprint density at radius 3 is 2.64 bits per heavy atom. The second kappa shape index (κ2) is 5.78. The lowest BCUT2D eigenvalue weighted by Gasteiger charge is -2.09. The Morgan fingerprint density at radius 1 is 1.29 bits per heavy atom. The van der Waals surface area contributed by atoms with Gasteiger partial charge >= 0.3 is 0 Å². The number of ether oxygens (including phenoxy) is 2. The third kappa shape index (κ3) is 2.82. The first-order valence-corrected chi connectivity index (χ1v) is 5.26. The minimum Gasteiger partial charge on any atom is -0.497 e. The molecule has 0 aliphatic heterocycles. The lowest BCUT2D eigenvalue weighted by molar-refractivity contribution is 0.322. The molecule has 0 aliphatic rings. The third-order valence-electron chi connectivity index (χ3n) is 1.72. The van der Waals surface area contributed by atoms with E-state index in [4.69, 9.17) is 14.6 Å². The summed E-state index contributed by atoms with van der Waals surface area (Å²) in [6.45, 7) is 0.158. The van der Waals surface area contributed by atoms with Crippen molar-refractivity contribution in [2.45, 2.75) is 4.90 Å². The first-order chi connectivity index (χ1) is 6.81. The SMILES string of the molecule is COc1ccc(OC)c(SCCO)c1. The highest BCUT2D eigenvalue weighted by Gasteiger charge is 2.04. The molecule has 0 unspecified atom stereocenters. The molecule has 0 spiro atoms. The minimum atomic E-state index is 0.158. The van der Waals surface area contributed by atoms with Gasteiger partial charge in [0.05, 0.1) is 25.7 Å². The Bertz CT molecular complexity index is 289. The molecule has 0 saturated heterocycles. The second-order valence-electron chi connectivity index (χ2n) is 2.59. The third-order valence-corrected chi connectivity index (χ3v) is 2.74. The number of aliphatic hydroxyl groups is 1. The van der Waals surface area contributed by atoms with Crippen LogP contribution in [0.5, 0.6) is 11.5 Å². The molecule has 3 nitrogen and oxygen atoms in total. The van der Waals surface area contributed by atoms with Crippen LogP contribution in [0.25, 0.3) is 0 Å². The van der Waals surface area contributed by atoms with Gasteiger partial charge in [0.2, 0.25) is 0 Å². The first-order valence-electron chi connectivity index (χ1n) is 4.27. The fourth-order valence-corrected chi connectivity index (χ4v) is 1.86. The van der Waals surface area contributed by atoms with Crippen LogP contribution in [-0.2, 0) is 0 Å². The Labute approximate surface area is 88.0 Å². The van der Waals surface area contributed by atoms with Gasteiger partial charge in [-0.15, -0.1) is 11.8 Å². The van der Waals surface area contributed by atoms with Crippen molar-refractivity contribution in [1.82, 2.24) is 0 Å². The molecule has 0 bridgehead atoms. The lowest BCUT2D eigenvalue weighted by Crippen LogP contribution is -1.91. The van der Waals surface area contributed by atoms with Crippen LogP contribution >= 0.6 is 11.8 Å². The summed E-state index contributed by atoms with van der Waals surface area (Å²) in [7, 11) is 3.26. The summed E-state index contributed by atoms with van der Waals surface area (Å²) in [4.78, 5) is 0.987. The maximum atomic E-state index is 8.72. The van der Waals surface area contributed by atoms with E-state index in [1.54, 1.807) is 26.0 Å². The molecule has 0 fully saturated rings. The number of aliphatic hydroxyl groups excluding tert-OH is 1. The van der Waals surface area contributed by atoms with Gasteiger partial charge in [-0.25, -0.2) is 0 Å². The second-order valence-corrected chi connectivity index (χ2v) is 3.73. The van der Waals surface area contributed by atoms with E-state index in [9.17, 15) is 0 Å². The van der Waals surface area contributed by atoms with Crippen molar-refractivity contribution in [2.24, 2.45) is 0 Å². The molecular weight excluding hydrogens is 200 g/mol. The Kier molecular flexibility index (Phi) is 4.62. The number of benzene rings is 1. The molecule has 1 N–H and O–H groups in total. The topological polar surface area (TPSA) is 38.7 Å². The van der Waals surface area contributed by atoms with Gasteiger partial charge in [-0.2, -0.15) is 0 Å². The zero-order valence-corrected chi connectivity index (χ0v) is 9.13. The van der Waals surface area contributed by atoms with Crippen molar-refractivity contribution in [1.29, 1.82) is 0 Å². The molecular formula is C10H14O3S. The van der Waals surface area contributed by atoms with Gasteiger partial charge in [0, 0.05) is 5.75 Å². The molecule has 1 rings (SSSR count). The molecule has 0 radical (unpaired) electrons. The molecule has 0 saturated carbocycles. The van der Waals surface area contributed by atoms with E-state index in [1.807, 2.05) is 18.2 Å². The Hall–Kier alpha value is -0.870. The zero-order chi connectivity index (χ0) is 10.4. The summed E-state index contributed by atoms with van der Waals surface area (Å²) in [6, 6.07) is 5.61. The summed E-state index contributed by atoms with van der Waals surface area (Å²) in [5, 5.41) is 8.72. The van der Waals surface area contributed by atoms with Crippen molar-refractivity contribution >= 4 is 11.8 Å². The largest absolute Gasteiger partial charge is 0.497 e. The maximum absolute atomic E-state index is 8.72. The van der Waals surface area contributed by atoms with Gasteiger partial charge in [0.1, 0.15) is 11.5 Å². The van der Waals surface area contributed by atoms with Gasteiger partial charge in [0.15, 0.2) is 0 Å². The highest BCUT2D eigenvalue weighted by atomic mass is 32.2. The predicted molar refractivity (Wildman–Crippen MR) is 57.4 cm³/mol. The number of rotatable bonds is 5. The van der Waals surface area contributed by atoms with E-state index in [0.717, 1.165) is 16.4 Å². The highest BCUT2D eigenvalue weighted by molar-refractivity contribution is 7.99. The Morgan fingerprint density at radius 2 is 2.07 bits per heavy atom. The highest BCUT2D eigenvalue weighted by Crippen LogP contribution is 2.32. The molecule has 0 heterocycles. The average molecular weight is 214 g/mol. The van der Waals surface area contributed by atoms with Crippen LogP contribution in [0.4, 0.5) is 0 Å². The molecule has 0 aromatic heterocycles. The molecule has 0 amide bonds. The van der Waals surface area contributed by atoms with Crippen molar-refractivity contribution in [2.75, 3.05) is 26.6 Å². The number of hydrogen-bond donors (Lipinski definition) is 1. The summed E-state index contributed by atoms with van der Waals surface area (Å²) < 4.78 is 10.3. The minimum absolute atomic E-state index is 0.158. The predicted octanol–water partition coefficient (Wildman–Crippen LogP) is 1.79. The molecule has 0 atom stereocenters. The maximum Gasteiger partial charge on any atom is 0.132 e. The lowest BCUT2D eigenvalue weighted by atomic mass is 10.3. The van der Waals surface area contributed by atoms with Crippen molar-refractivity contribution < 1.29 is 14.6 Å². The van der Waals surface area contributed by atoms with E-state index >= 15 is 0 Å². The molecule has 14 heavy (non-hydrogen) atoms. The molecule has 78 valence electrons. The summed E-state index contributed by atoms with van der Waals surface area (Å²) in [5.74, 6) is 2.26. The number of hydrogen-bond acceptors (Lipinski definition) is 4. The van der Waals surface area contributed by atoms with E-state index in [2.05, 4.69) is 0 Å². The standard InChI is InChI=1S/C10H14O3S/c1-12-8-3-4-9(13-2)10(7-8)14-6-5-11/h3-4,7,11H,5-6H2,1-2H3. The van der Waals surface area contributed by atoms with Crippen LogP contribution in [0.15, 0.2) is 23.1 Å². The smallest absolute Gasteiger partial charge is 0.132 e. The van der Waals surface area contributed by atoms with Gasteiger partial charge in [-0.05, 0) is 18.2 Å². The molecule has 1 aromatic carbocycles. The van der Waals surface area contributed by atoms with Crippen molar-refractivity contribution in [3.63, 3.8) is 0 Å². The molecule has 1 aromatic rings. The number of thioether (sulfide) groups is 1. The van der Waals surface area contributed by atoms with Crippen LogP contribution in [0.1, 0.15) is 0 Å². The van der Waals surface area contributed by atoms with Gasteiger partial charge in [-0.1, -0.05) is 0 Å². The van der Waals surface area contributed by atoms with E-state index < -0.39 is 0 Å². The monoisotopic (exact) mass is 214 g/mol. The van der Waals surface area contributed by atoms with Crippen LogP contribution in [-0.4, -0.2) is 31.7 Å². The summed E-state index contributed by atoms with van der Waals surface area (Å²) >= 11 is 1.55. The van der Waals surface area contributed by atoms with Crippen molar-refractivity contribution in [3.05, 3.63) is 18.2 Å². The van der Waals surface area contributed by atoms with Gasteiger partial charge < -0.3 is 14.6 Å². The van der Waals surface area contributed by atoms with Crippen molar-refractivity contribution in [3.8, 4) is 11.5 Å². The quantitative estimate of drug-likeness (QED) is 0.758. The fourth-order valence-electron chi connectivity index (χ4n) is 1.05. The van der Waals surface area contributed by atoms with Gasteiger partial charge in [-0.3, -0.25) is 0 Å². The Balaban J connectivity index is 2.84. The van der Waals surface area contributed by atoms with Gasteiger partial charge in [0.25, 0.3) is 0 Å². The summed E-state index contributed by atoms with van der Waals surface area (Å²) in [6.07, 6.45) is 0. The molecule has 0 aliphatic carbocycles. The number of methoxy groups -OCH3 is 2. The van der Waals surface area contributed by atoms with Crippen LogP contribution in [0, 0.1) is 0 Å². The average Bonchev–Trinajstić information content (AvgIpc) is 2.25. The van der Waals surface area contributed by atoms with E-state index in [0.29, 0.717) is 5.75 Å². The summed E-state index contributed by atoms with van der Waals surface area (Å²) in [5.41, 5.74) is 0. The molecule has 4 heteroatoms. The fraction of sp³-hybridized carbons (Fsp3) is 0.400. The zero-order valence-electron chi connectivity index (χ0n) is 8.32. The van der Waals surface area contributed by atoms with Crippen LogP contribution in [0.2, 0.25) is 0 Å². The first kappa shape index (κ1) is 11.2. The van der Waals surface area contributed by atoms with Crippen LogP contribution < -0.4 is 9.47 Å². The normalized spacial score (nSPS) is 9.93. The van der Waals surface area contributed by atoms with E-state index in [-0.39, 0.29) is 6.61 Å².